The molecule has 2 unspecified atom stereocenters. The molecule has 0 saturated heterocycles. The van der Waals surface area contributed by atoms with Crippen LogP contribution in [0.25, 0.3) is 0 Å². The van der Waals surface area contributed by atoms with E-state index in [2.05, 4.69) is 53.7 Å². The van der Waals surface area contributed by atoms with E-state index in [-0.39, 0.29) is 27.3 Å². The number of aliphatic hydroxyl groups excluding tert-OH is 1. The second-order valence-corrected chi connectivity index (χ2v) is 5.90. The van der Waals surface area contributed by atoms with Crippen LogP contribution in [0.4, 0.5) is 0 Å². The summed E-state index contributed by atoms with van der Waals surface area (Å²) in [5, 5.41) is 10.8. The Hall–Kier alpha value is 0.310. The van der Waals surface area contributed by atoms with E-state index in [1.165, 1.54) is 33.4 Å². The third-order valence-electron chi connectivity index (χ3n) is 4.69. The number of hydrogen-bond acceptors (Lipinski definition) is 1. The Morgan fingerprint density at radius 3 is 1.30 bits per heavy atom. The summed E-state index contributed by atoms with van der Waals surface area (Å²) in [4.78, 5) is 0. The van der Waals surface area contributed by atoms with Crippen LogP contribution in [0, 0.1) is 26.7 Å². The molecule has 1 nitrogen and oxygen atoms in total. The molecule has 0 aliphatic heterocycles. The van der Waals surface area contributed by atoms with Gasteiger partial charge in [0.2, 0.25) is 0 Å². The van der Waals surface area contributed by atoms with Crippen molar-refractivity contribution >= 4 is 19.3 Å². The topological polar surface area (TPSA) is 20.2 Å². The van der Waals surface area contributed by atoms with Crippen LogP contribution in [0.3, 0.4) is 0 Å². The molecule has 0 radical (unpaired) electrons. The maximum absolute atomic E-state index is 10.8. The van der Waals surface area contributed by atoms with Gasteiger partial charge in [0, 0.05) is 11.8 Å². The second kappa shape index (κ2) is 11.8. The van der Waals surface area contributed by atoms with Crippen molar-refractivity contribution in [3.05, 3.63) is 60.4 Å². The van der Waals surface area contributed by atoms with Gasteiger partial charge in [0.1, 0.15) is 0 Å². The normalized spacial score (nSPS) is 23.7. The van der Waals surface area contributed by atoms with Gasteiger partial charge in [-0.15, -0.1) is 12.4 Å². The third-order valence-corrected chi connectivity index (χ3v) is 4.69. The first-order valence-corrected chi connectivity index (χ1v) is 13.1. The summed E-state index contributed by atoms with van der Waals surface area (Å²) in [5.41, 5.74) is 7.58. The van der Waals surface area contributed by atoms with Gasteiger partial charge in [0.25, 0.3) is 0 Å². The van der Waals surface area contributed by atoms with E-state index in [4.69, 9.17) is 0 Å². The van der Waals surface area contributed by atoms with Crippen LogP contribution in [-0.2, 0) is 23.3 Å². The predicted octanol–water partition coefficient (Wildman–Crippen LogP) is 4.58. The number of rotatable bonds is 2. The molecule has 0 bridgehead atoms. The number of hydrogen-bond donors (Lipinski definition) is 1. The molecule has 23 heavy (non-hydrogen) atoms. The molecule has 2 rings (SSSR count). The minimum absolute atomic E-state index is 0. The Labute approximate surface area is 167 Å². The van der Waals surface area contributed by atoms with Crippen molar-refractivity contribution in [2.45, 2.75) is 47.6 Å². The molecular formula is C19H33ClOSiZr. The van der Waals surface area contributed by atoms with E-state index in [9.17, 15) is 5.11 Å². The van der Waals surface area contributed by atoms with Crippen molar-refractivity contribution in [3.8, 4) is 0 Å². The first kappa shape index (κ1) is 28.1. The fourth-order valence-electron chi connectivity index (χ4n) is 3.35. The molecule has 0 saturated carbocycles. The van der Waals surface area contributed by atoms with E-state index in [1.807, 2.05) is 6.88 Å². The summed E-state index contributed by atoms with van der Waals surface area (Å²) < 4.78 is 0. The zero-order valence-corrected chi connectivity index (χ0v) is 20.6. The molecule has 0 spiro atoms. The van der Waals surface area contributed by atoms with Crippen molar-refractivity contribution in [1.29, 1.82) is 0 Å². The SMILES string of the molecule is CC1=CC(C)=C(C(O)C2=C(C)C=C(C)C2C)C1C.Cl.[CH3-].[CH3-].[SiH2]=[Zr+2]. The molecule has 4 heteroatoms. The van der Waals surface area contributed by atoms with Crippen LogP contribution in [0.5, 0.6) is 0 Å². The average molecular weight is 432 g/mol. The average Bonchev–Trinajstić information content (AvgIpc) is 2.79. The zero-order chi connectivity index (χ0) is 15.6. The number of halogens is 1. The summed E-state index contributed by atoms with van der Waals surface area (Å²) in [5.74, 6) is 0.738. The van der Waals surface area contributed by atoms with Crippen molar-refractivity contribution in [3.63, 3.8) is 0 Å². The molecule has 0 aromatic rings. The van der Waals surface area contributed by atoms with Gasteiger partial charge < -0.3 is 20.0 Å². The Balaban J connectivity index is -0.000000770. The van der Waals surface area contributed by atoms with Gasteiger partial charge in [0.15, 0.2) is 0 Å². The van der Waals surface area contributed by atoms with E-state index < -0.39 is 6.10 Å². The predicted molar refractivity (Wildman–Crippen MR) is 106 cm³/mol. The quantitative estimate of drug-likeness (QED) is 0.501. The van der Waals surface area contributed by atoms with E-state index >= 15 is 0 Å². The van der Waals surface area contributed by atoms with E-state index in [1.54, 1.807) is 23.3 Å². The summed E-state index contributed by atoms with van der Waals surface area (Å²) >= 11 is 1.58. The summed E-state index contributed by atoms with van der Waals surface area (Å²) in [6.07, 6.45) is 4.00. The second-order valence-electron chi connectivity index (χ2n) is 5.90. The first-order valence-electron chi connectivity index (χ1n) is 7.15. The molecule has 0 heterocycles. The van der Waals surface area contributed by atoms with Gasteiger partial charge >= 0.3 is 30.2 Å². The first-order chi connectivity index (χ1) is 9.34. The standard InChI is InChI=1S/C17H24O.2CH3.ClH.H2Si.Zr/c1-9-7-11(3)15(13(9)5)17(18)16-12(4)8-10(2)14(16)6;;;;;/h7-8,13-14,17-18H,1-6H3;2*1H3;1H;1H2;/q;2*-1;;;+2. The van der Waals surface area contributed by atoms with Crippen LogP contribution in [0.1, 0.15) is 41.5 Å². The molecule has 130 valence electrons. The molecule has 0 aromatic heterocycles. The molecular weight excluding hydrogens is 399 g/mol. The minimum atomic E-state index is -0.419. The fourth-order valence-corrected chi connectivity index (χ4v) is 3.35. The molecule has 0 fully saturated rings. The van der Waals surface area contributed by atoms with Gasteiger partial charge in [-0.2, -0.15) is 0 Å². The van der Waals surface area contributed by atoms with Crippen LogP contribution in [0.2, 0.25) is 0 Å². The summed E-state index contributed by atoms with van der Waals surface area (Å²) in [7, 11) is 0. The molecule has 2 aliphatic carbocycles. The Kier molecular flexibility index (Phi) is 14.4. The fraction of sp³-hybridized carbons (Fsp3) is 0.474. The number of aliphatic hydroxyl groups is 1. The summed E-state index contributed by atoms with van der Waals surface area (Å²) in [6.45, 7) is 14.9. The van der Waals surface area contributed by atoms with Crippen molar-refractivity contribution in [1.82, 2.24) is 0 Å². The molecule has 0 aromatic carbocycles. The molecule has 0 amide bonds. The van der Waals surface area contributed by atoms with Gasteiger partial charge in [-0.1, -0.05) is 37.1 Å². The number of allylic oxidation sites excluding steroid dienone is 6. The molecule has 2 aliphatic rings. The van der Waals surface area contributed by atoms with Gasteiger partial charge in [-0.25, -0.2) is 0 Å². The molecule has 2 atom stereocenters. The van der Waals surface area contributed by atoms with Crippen LogP contribution < -0.4 is 0 Å². The van der Waals surface area contributed by atoms with Crippen molar-refractivity contribution in [2.24, 2.45) is 11.8 Å². The van der Waals surface area contributed by atoms with Crippen LogP contribution in [-0.4, -0.2) is 18.1 Å². The van der Waals surface area contributed by atoms with Crippen molar-refractivity contribution in [2.75, 3.05) is 0 Å². The van der Waals surface area contributed by atoms with Gasteiger partial charge in [0.05, 0.1) is 6.10 Å². The van der Waals surface area contributed by atoms with E-state index in [0.29, 0.717) is 11.8 Å². The van der Waals surface area contributed by atoms with Crippen LogP contribution in [0.15, 0.2) is 45.6 Å². The Bertz CT molecular complexity index is 485. The zero-order valence-electron chi connectivity index (χ0n) is 15.9. The van der Waals surface area contributed by atoms with Crippen molar-refractivity contribution < 1.29 is 28.4 Å². The monoisotopic (exact) mass is 430 g/mol. The Morgan fingerprint density at radius 1 is 0.870 bits per heavy atom. The van der Waals surface area contributed by atoms with E-state index in [0.717, 1.165) is 0 Å². The summed E-state index contributed by atoms with van der Waals surface area (Å²) in [6, 6.07) is 0. The maximum atomic E-state index is 10.8. The van der Waals surface area contributed by atoms with Gasteiger partial charge in [-0.05, 0) is 50.0 Å². The van der Waals surface area contributed by atoms with Crippen LogP contribution >= 0.6 is 12.4 Å². The third kappa shape index (κ3) is 5.66. The Morgan fingerprint density at radius 2 is 1.13 bits per heavy atom. The van der Waals surface area contributed by atoms with Gasteiger partial charge in [-0.3, -0.25) is 0 Å². The molecule has 1 N–H and O–H groups in total.